The summed E-state index contributed by atoms with van der Waals surface area (Å²) in [6.45, 7) is 1.43. The monoisotopic (exact) mass is 477 g/mol. The highest BCUT2D eigenvalue weighted by Crippen LogP contribution is 2.40. The van der Waals surface area contributed by atoms with Crippen LogP contribution in [0, 0.1) is 0 Å². The van der Waals surface area contributed by atoms with Crippen molar-refractivity contribution in [2.24, 2.45) is 0 Å². The zero-order valence-corrected chi connectivity index (χ0v) is 19.3. The molecular formula is C21H24BrN3O3S. The molecule has 2 aromatic carbocycles. The molecule has 3 aromatic rings. The number of methoxy groups -OCH3 is 2. The van der Waals surface area contributed by atoms with Gasteiger partial charge in [-0.05, 0) is 67.3 Å². The van der Waals surface area contributed by atoms with Crippen LogP contribution >= 0.6 is 27.3 Å². The molecule has 8 heteroatoms. The van der Waals surface area contributed by atoms with E-state index in [0.29, 0.717) is 34.3 Å². The minimum Gasteiger partial charge on any atom is -0.495 e. The molecule has 0 saturated carbocycles. The highest BCUT2D eigenvalue weighted by Gasteiger charge is 2.24. The third kappa shape index (κ3) is 4.71. The number of nitrogens with zero attached hydrogens (tertiary/aromatic N) is 3. The first-order valence-electron chi connectivity index (χ1n) is 9.19. The quantitative estimate of drug-likeness (QED) is 0.471. The van der Waals surface area contributed by atoms with Crippen LogP contribution in [-0.4, -0.2) is 57.2 Å². The van der Waals surface area contributed by atoms with Crippen LogP contribution in [0.25, 0.3) is 10.2 Å². The number of rotatable bonds is 8. The highest BCUT2D eigenvalue weighted by atomic mass is 79.9. The molecule has 0 N–H and O–H groups in total. The molecule has 0 unspecified atom stereocenters. The van der Waals surface area contributed by atoms with Crippen LogP contribution in [0.4, 0.5) is 5.13 Å². The molecule has 0 aliphatic carbocycles. The van der Waals surface area contributed by atoms with E-state index in [0.717, 1.165) is 22.1 Å². The number of thiazole rings is 1. The van der Waals surface area contributed by atoms with E-state index in [9.17, 15) is 4.79 Å². The van der Waals surface area contributed by atoms with Crippen LogP contribution < -0.4 is 14.4 Å². The number of anilines is 1. The van der Waals surface area contributed by atoms with E-state index in [1.807, 2.05) is 50.5 Å². The Morgan fingerprint density at radius 1 is 1.07 bits per heavy atom. The normalized spacial score (nSPS) is 11.1. The van der Waals surface area contributed by atoms with Gasteiger partial charge < -0.3 is 14.4 Å². The first kappa shape index (κ1) is 21.5. The molecule has 0 atom stereocenters. The van der Waals surface area contributed by atoms with E-state index in [-0.39, 0.29) is 5.91 Å². The Morgan fingerprint density at radius 2 is 1.76 bits per heavy atom. The van der Waals surface area contributed by atoms with Gasteiger partial charge in [-0.1, -0.05) is 23.5 Å². The van der Waals surface area contributed by atoms with Crippen molar-refractivity contribution in [1.82, 2.24) is 9.88 Å². The number of aromatic nitrogens is 1. The first-order valence-corrected chi connectivity index (χ1v) is 10.8. The summed E-state index contributed by atoms with van der Waals surface area (Å²) in [5.41, 5.74) is 1.31. The average molecular weight is 478 g/mol. The summed E-state index contributed by atoms with van der Waals surface area (Å²) in [7, 11) is 7.28. The molecule has 29 heavy (non-hydrogen) atoms. The Balaban J connectivity index is 2.06. The molecule has 6 nitrogen and oxygen atoms in total. The van der Waals surface area contributed by atoms with Gasteiger partial charge in [0.15, 0.2) is 5.13 Å². The molecule has 154 valence electrons. The summed E-state index contributed by atoms with van der Waals surface area (Å²) in [4.78, 5) is 22.0. The zero-order chi connectivity index (χ0) is 21.0. The molecule has 3 rings (SSSR count). The van der Waals surface area contributed by atoms with Gasteiger partial charge in [-0.15, -0.1) is 0 Å². The van der Waals surface area contributed by atoms with E-state index >= 15 is 0 Å². The van der Waals surface area contributed by atoms with Crippen LogP contribution in [0.2, 0.25) is 0 Å². The summed E-state index contributed by atoms with van der Waals surface area (Å²) in [5.74, 6) is 1.28. The van der Waals surface area contributed by atoms with Gasteiger partial charge >= 0.3 is 0 Å². The van der Waals surface area contributed by atoms with Crippen molar-refractivity contribution in [3.8, 4) is 11.5 Å². The van der Waals surface area contributed by atoms with E-state index in [2.05, 4.69) is 20.8 Å². The van der Waals surface area contributed by atoms with Crippen molar-refractivity contribution in [3.63, 3.8) is 0 Å². The molecule has 0 aliphatic rings. The van der Waals surface area contributed by atoms with Crippen molar-refractivity contribution >= 4 is 48.5 Å². The van der Waals surface area contributed by atoms with Gasteiger partial charge in [-0.3, -0.25) is 9.69 Å². The van der Waals surface area contributed by atoms with E-state index in [4.69, 9.17) is 14.5 Å². The minimum absolute atomic E-state index is 0.0896. The molecule has 0 spiro atoms. The van der Waals surface area contributed by atoms with Crippen LogP contribution in [-0.2, 0) is 0 Å². The molecule has 0 aliphatic heterocycles. The Bertz CT molecular complexity index is 965. The molecule has 1 amide bonds. The van der Waals surface area contributed by atoms with Gasteiger partial charge in [0.2, 0.25) is 0 Å². The smallest absolute Gasteiger partial charge is 0.261 e. The number of benzene rings is 2. The first-order chi connectivity index (χ1) is 14.0. The fourth-order valence-electron chi connectivity index (χ4n) is 3.00. The molecule has 0 fully saturated rings. The predicted octanol–water partition coefficient (Wildman–Crippen LogP) is 4.67. The van der Waals surface area contributed by atoms with Crippen LogP contribution in [0.15, 0.2) is 40.9 Å². The fourth-order valence-corrected chi connectivity index (χ4v) is 4.55. The van der Waals surface area contributed by atoms with E-state index in [1.54, 1.807) is 19.1 Å². The van der Waals surface area contributed by atoms with Gasteiger partial charge in [0.25, 0.3) is 5.91 Å². The molecule has 1 heterocycles. The lowest BCUT2D eigenvalue weighted by Gasteiger charge is -2.21. The Labute approximate surface area is 183 Å². The number of carbonyl (C=O) groups excluding carboxylic acids is 1. The summed E-state index contributed by atoms with van der Waals surface area (Å²) in [6, 6.07) is 11.1. The number of amides is 1. The average Bonchev–Trinajstić information content (AvgIpc) is 3.15. The molecule has 1 aromatic heterocycles. The second-order valence-electron chi connectivity index (χ2n) is 6.74. The maximum Gasteiger partial charge on any atom is 0.261 e. The Morgan fingerprint density at radius 3 is 2.41 bits per heavy atom. The largest absolute Gasteiger partial charge is 0.495 e. The number of hydrogen-bond donors (Lipinski definition) is 0. The third-order valence-corrected chi connectivity index (χ3v) is 6.25. The lowest BCUT2D eigenvalue weighted by atomic mass is 10.2. The number of carbonyl (C=O) groups is 1. The second kappa shape index (κ2) is 9.56. The summed E-state index contributed by atoms with van der Waals surface area (Å²) < 4.78 is 12.6. The molecular weight excluding hydrogens is 454 g/mol. The summed E-state index contributed by atoms with van der Waals surface area (Å²) in [6.07, 6.45) is 0.827. The Hall–Kier alpha value is -2.16. The number of ether oxygens (including phenoxy) is 2. The number of fused-ring (bicyclic) bond motifs is 1. The maximum absolute atomic E-state index is 13.4. The van der Waals surface area contributed by atoms with Crippen molar-refractivity contribution in [2.75, 3.05) is 46.3 Å². The van der Waals surface area contributed by atoms with Gasteiger partial charge in [0.05, 0.1) is 19.8 Å². The number of hydrogen-bond acceptors (Lipinski definition) is 6. The van der Waals surface area contributed by atoms with Gasteiger partial charge in [0, 0.05) is 11.0 Å². The predicted molar refractivity (Wildman–Crippen MR) is 122 cm³/mol. The summed E-state index contributed by atoms with van der Waals surface area (Å²) in [5, 5.41) is 0.627. The van der Waals surface area contributed by atoms with E-state index in [1.165, 1.54) is 11.3 Å². The van der Waals surface area contributed by atoms with Crippen molar-refractivity contribution in [1.29, 1.82) is 0 Å². The van der Waals surface area contributed by atoms with Gasteiger partial charge in [0.1, 0.15) is 21.7 Å². The highest BCUT2D eigenvalue weighted by molar-refractivity contribution is 9.10. The number of halogens is 1. The molecule has 0 radical (unpaired) electrons. The van der Waals surface area contributed by atoms with E-state index < -0.39 is 0 Å². The second-order valence-corrected chi connectivity index (χ2v) is 8.57. The molecule has 0 bridgehead atoms. The maximum atomic E-state index is 13.4. The van der Waals surface area contributed by atoms with Crippen molar-refractivity contribution in [3.05, 3.63) is 46.4 Å². The molecule has 0 saturated heterocycles. The zero-order valence-electron chi connectivity index (χ0n) is 16.9. The minimum atomic E-state index is -0.0896. The van der Waals surface area contributed by atoms with Gasteiger partial charge in [-0.2, -0.15) is 0 Å². The standard InChI is InChI=1S/C21H24BrN3O3S/c1-24(2)12-7-13-25(20(26)14-8-5-6-9-15(14)22)21-23-18-16(27-3)10-11-17(28-4)19(18)29-21/h5-6,8-11H,7,12-13H2,1-4H3. The van der Waals surface area contributed by atoms with Gasteiger partial charge in [-0.25, -0.2) is 4.98 Å². The summed E-state index contributed by atoms with van der Waals surface area (Å²) >= 11 is 4.93. The van der Waals surface area contributed by atoms with Crippen LogP contribution in [0.1, 0.15) is 16.8 Å². The van der Waals surface area contributed by atoms with Crippen molar-refractivity contribution in [2.45, 2.75) is 6.42 Å². The topological polar surface area (TPSA) is 54.9 Å². The van der Waals surface area contributed by atoms with Crippen LogP contribution in [0.3, 0.4) is 0 Å². The Kier molecular flexibility index (Phi) is 7.10. The van der Waals surface area contributed by atoms with Crippen LogP contribution in [0.5, 0.6) is 11.5 Å². The SMILES string of the molecule is COc1ccc(OC)c2sc(N(CCCN(C)C)C(=O)c3ccccc3Br)nc12. The third-order valence-electron chi connectivity index (χ3n) is 4.47. The van der Waals surface area contributed by atoms with Crippen molar-refractivity contribution < 1.29 is 14.3 Å². The lowest BCUT2D eigenvalue weighted by Crippen LogP contribution is -2.33. The lowest BCUT2D eigenvalue weighted by molar-refractivity contribution is 0.0985. The fraction of sp³-hybridized carbons (Fsp3) is 0.333.